The summed E-state index contributed by atoms with van der Waals surface area (Å²) in [6.45, 7) is -0.238. The van der Waals surface area contributed by atoms with Crippen LogP contribution in [0.15, 0.2) is 45.3 Å². The SMILES string of the molecule is COC(=O)COc1cc(F)ccc1Br.Oc1cc(F)ccc1Br. The number of hydrogen-bond acceptors (Lipinski definition) is 4. The Labute approximate surface area is 148 Å². The van der Waals surface area contributed by atoms with E-state index in [1.165, 1.54) is 37.4 Å². The monoisotopic (exact) mass is 452 g/mol. The van der Waals surface area contributed by atoms with Crippen LogP contribution in [0, 0.1) is 11.6 Å². The summed E-state index contributed by atoms with van der Waals surface area (Å²) >= 11 is 6.17. The zero-order valence-corrected chi connectivity index (χ0v) is 15.0. The number of phenols is 1. The highest BCUT2D eigenvalue weighted by Crippen LogP contribution is 2.25. The number of ether oxygens (including phenoxy) is 2. The van der Waals surface area contributed by atoms with E-state index in [-0.39, 0.29) is 18.1 Å². The van der Waals surface area contributed by atoms with Gasteiger partial charge in [0.1, 0.15) is 23.1 Å². The number of benzene rings is 2. The van der Waals surface area contributed by atoms with Crippen LogP contribution in [-0.2, 0) is 9.53 Å². The molecule has 23 heavy (non-hydrogen) atoms. The third-order valence-electron chi connectivity index (χ3n) is 2.37. The van der Waals surface area contributed by atoms with Crippen LogP contribution in [0.1, 0.15) is 0 Å². The Balaban J connectivity index is 0.000000253. The molecule has 0 saturated carbocycles. The van der Waals surface area contributed by atoms with Crippen molar-refractivity contribution in [3.8, 4) is 11.5 Å². The second-order valence-electron chi connectivity index (χ2n) is 4.04. The highest BCUT2D eigenvalue weighted by molar-refractivity contribution is 9.10. The lowest BCUT2D eigenvalue weighted by Crippen LogP contribution is -2.12. The molecule has 2 aromatic rings. The molecule has 0 aliphatic heterocycles. The van der Waals surface area contributed by atoms with Gasteiger partial charge in [0.15, 0.2) is 6.61 Å². The maximum Gasteiger partial charge on any atom is 0.343 e. The van der Waals surface area contributed by atoms with E-state index in [9.17, 15) is 13.6 Å². The molecule has 0 unspecified atom stereocenters. The Morgan fingerprint density at radius 2 is 1.65 bits per heavy atom. The van der Waals surface area contributed by atoms with Crippen LogP contribution < -0.4 is 4.74 Å². The highest BCUT2D eigenvalue weighted by Gasteiger charge is 2.06. The van der Waals surface area contributed by atoms with Crippen molar-refractivity contribution >= 4 is 37.8 Å². The summed E-state index contributed by atoms with van der Waals surface area (Å²) in [5.74, 6) is -1.17. The predicted octanol–water partition coefficient (Wildman–Crippen LogP) is 4.43. The molecule has 0 aliphatic carbocycles. The van der Waals surface area contributed by atoms with Crippen molar-refractivity contribution in [1.29, 1.82) is 0 Å². The molecule has 0 saturated heterocycles. The van der Waals surface area contributed by atoms with Gasteiger partial charge in [0.2, 0.25) is 0 Å². The van der Waals surface area contributed by atoms with E-state index >= 15 is 0 Å². The molecule has 0 aliphatic rings. The number of carbonyl (C=O) groups excluding carboxylic acids is 1. The largest absolute Gasteiger partial charge is 0.507 e. The van der Waals surface area contributed by atoms with Gasteiger partial charge in [-0.2, -0.15) is 0 Å². The molecular weight excluding hydrogens is 442 g/mol. The summed E-state index contributed by atoms with van der Waals surface area (Å²) in [5, 5.41) is 8.81. The quantitative estimate of drug-likeness (QED) is 0.698. The Bertz CT molecular complexity index is 681. The molecule has 0 amide bonds. The molecule has 124 valence electrons. The van der Waals surface area contributed by atoms with Crippen molar-refractivity contribution in [3.05, 3.63) is 57.0 Å². The van der Waals surface area contributed by atoms with Gasteiger partial charge in [0.05, 0.1) is 16.1 Å². The van der Waals surface area contributed by atoms with Crippen LogP contribution >= 0.6 is 31.9 Å². The van der Waals surface area contributed by atoms with E-state index < -0.39 is 17.6 Å². The van der Waals surface area contributed by atoms with Gasteiger partial charge in [-0.1, -0.05) is 0 Å². The molecule has 0 aromatic heterocycles. The molecule has 1 N–H and O–H groups in total. The van der Waals surface area contributed by atoms with Gasteiger partial charge < -0.3 is 14.6 Å². The van der Waals surface area contributed by atoms with Gasteiger partial charge >= 0.3 is 5.97 Å². The van der Waals surface area contributed by atoms with Gasteiger partial charge in [-0.25, -0.2) is 13.6 Å². The number of hydrogen-bond donors (Lipinski definition) is 1. The summed E-state index contributed by atoms with van der Waals surface area (Å²) in [5.41, 5.74) is 0. The molecule has 0 spiro atoms. The first kappa shape index (κ1) is 19.4. The normalized spacial score (nSPS) is 9.61. The molecule has 2 rings (SSSR count). The zero-order chi connectivity index (χ0) is 17.4. The van der Waals surface area contributed by atoms with Gasteiger partial charge in [-0.05, 0) is 56.1 Å². The predicted molar refractivity (Wildman–Crippen MR) is 87.4 cm³/mol. The first-order chi connectivity index (χ1) is 10.8. The lowest BCUT2D eigenvalue weighted by Gasteiger charge is -2.06. The topological polar surface area (TPSA) is 55.8 Å². The smallest absolute Gasteiger partial charge is 0.343 e. The summed E-state index contributed by atoms with van der Waals surface area (Å²) in [7, 11) is 1.26. The Morgan fingerprint density at radius 3 is 2.17 bits per heavy atom. The fourth-order valence-electron chi connectivity index (χ4n) is 1.27. The van der Waals surface area contributed by atoms with E-state index in [1.54, 1.807) is 0 Å². The number of carbonyl (C=O) groups is 1. The lowest BCUT2D eigenvalue weighted by molar-refractivity contribution is -0.142. The van der Waals surface area contributed by atoms with Gasteiger partial charge in [-0.15, -0.1) is 0 Å². The van der Waals surface area contributed by atoms with Crippen LogP contribution in [0.5, 0.6) is 11.5 Å². The van der Waals surface area contributed by atoms with E-state index in [0.717, 1.165) is 6.07 Å². The van der Waals surface area contributed by atoms with E-state index in [1.807, 2.05) is 0 Å². The van der Waals surface area contributed by atoms with Crippen molar-refractivity contribution in [2.24, 2.45) is 0 Å². The number of phenolic OH excluding ortho intramolecular Hbond substituents is 1. The zero-order valence-electron chi connectivity index (χ0n) is 11.9. The molecule has 8 heteroatoms. The minimum atomic E-state index is -0.513. The number of halogens is 4. The van der Waals surface area contributed by atoms with Crippen molar-refractivity contribution < 1.29 is 28.2 Å². The molecule has 0 heterocycles. The van der Waals surface area contributed by atoms with Gasteiger partial charge in [0, 0.05) is 12.1 Å². The number of esters is 1. The van der Waals surface area contributed by atoms with Crippen LogP contribution in [0.2, 0.25) is 0 Å². The molecule has 0 bridgehead atoms. The third kappa shape index (κ3) is 6.96. The number of rotatable bonds is 3. The fourth-order valence-corrected chi connectivity index (χ4v) is 1.88. The van der Waals surface area contributed by atoms with Crippen LogP contribution in [0.25, 0.3) is 0 Å². The lowest BCUT2D eigenvalue weighted by atomic mass is 10.3. The highest BCUT2D eigenvalue weighted by atomic mass is 79.9. The first-order valence-electron chi connectivity index (χ1n) is 6.12. The minimum Gasteiger partial charge on any atom is -0.507 e. The average Bonchev–Trinajstić information content (AvgIpc) is 2.52. The molecule has 4 nitrogen and oxygen atoms in total. The number of aromatic hydroxyl groups is 1. The van der Waals surface area contributed by atoms with Gasteiger partial charge in [-0.3, -0.25) is 0 Å². The molecule has 0 radical (unpaired) electrons. The Morgan fingerprint density at radius 1 is 1.09 bits per heavy atom. The Kier molecular flexibility index (Phi) is 7.97. The molecule has 0 fully saturated rings. The fraction of sp³-hybridized carbons (Fsp3) is 0.133. The summed E-state index contributed by atoms with van der Waals surface area (Å²) in [6.07, 6.45) is 0. The van der Waals surface area contributed by atoms with E-state index in [2.05, 4.69) is 36.6 Å². The minimum absolute atomic E-state index is 0.0741. The van der Waals surface area contributed by atoms with E-state index in [0.29, 0.717) is 8.95 Å². The van der Waals surface area contributed by atoms with E-state index in [4.69, 9.17) is 9.84 Å². The van der Waals surface area contributed by atoms with Crippen LogP contribution in [0.4, 0.5) is 8.78 Å². The van der Waals surface area contributed by atoms with Crippen molar-refractivity contribution in [1.82, 2.24) is 0 Å². The second-order valence-corrected chi connectivity index (χ2v) is 5.74. The number of methoxy groups -OCH3 is 1. The van der Waals surface area contributed by atoms with Crippen LogP contribution in [0.3, 0.4) is 0 Å². The van der Waals surface area contributed by atoms with Crippen molar-refractivity contribution in [2.45, 2.75) is 0 Å². The van der Waals surface area contributed by atoms with Crippen molar-refractivity contribution in [2.75, 3.05) is 13.7 Å². The maximum atomic E-state index is 12.7. The second kappa shape index (κ2) is 9.46. The molecule has 0 atom stereocenters. The summed E-state index contributed by atoms with van der Waals surface area (Å²) < 4.78 is 35.4. The van der Waals surface area contributed by atoms with Crippen molar-refractivity contribution in [3.63, 3.8) is 0 Å². The third-order valence-corrected chi connectivity index (χ3v) is 3.70. The van der Waals surface area contributed by atoms with Crippen LogP contribution in [-0.4, -0.2) is 24.8 Å². The maximum absolute atomic E-state index is 12.7. The van der Waals surface area contributed by atoms with Gasteiger partial charge in [0.25, 0.3) is 0 Å². The molecule has 2 aromatic carbocycles. The summed E-state index contributed by atoms with van der Waals surface area (Å²) in [6, 6.07) is 7.74. The first-order valence-corrected chi connectivity index (χ1v) is 7.70. The summed E-state index contributed by atoms with van der Waals surface area (Å²) in [4.78, 5) is 10.7. The average molecular weight is 454 g/mol. The molecular formula is C15H12Br2F2O4. The standard InChI is InChI=1S/C9H8BrFO3.C6H4BrFO/c1-13-9(12)5-14-8-4-6(11)2-3-7(8)10;7-5-2-1-4(8)3-6(5)9/h2-4H,5H2,1H3;1-3,9H. The Hall–Kier alpha value is -1.67.